The number of aromatic nitrogens is 2. The molecule has 0 radical (unpaired) electrons. The molecule has 0 aliphatic carbocycles. The van der Waals surface area contributed by atoms with Crippen LogP contribution in [0.25, 0.3) is 11.3 Å². The van der Waals surface area contributed by atoms with Gasteiger partial charge in [-0.1, -0.05) is 35.3 Å². The second-order valence-corrected chi connectivity index (χ2v) is 5.96. The van der Waals surface area contributed by atoms with Crippen LogP contribution in [0.4, 0.5) is 0 Å². The molecule has 0 bridgehead atoms. The normalized spacial score (nSPS) is 10.8. The van der Waals surface area contributed by atoms with Crippen LogP contribution in [0, 0.1) is 0 Å². The molecule has 0 aliphatic heterocycles. The van der Waals surface area contributed by atoms with Crippen molar-refractivity contribution < 1.29 is 0 Å². The van der Waals surface area contributed by atoms with Gasteiger partial charge in [-0.3, -0.25) is 0 Å². The highest BCUT2D eigenvalue weighted by Crippen LogP contribution is 2.27. The highest BCUT2D eigenvalue weighted by Gasteiger charge is 2.07. The molecule has 0 saturated heterocycles. The Morgan fingerprint density at radius 2 is 2.05 bits per heavy atom. The summed E-state index contributed by atoms with van der Waals surface area (Å²) >= 11 is 13.7. The smallest absolute Gasteiger partial charge is 0.112 e. The zero-order valence-electron chi connectivity index (χ0n) is 9.86. The number of aromatic amines is 1. The Morgan fingerprint density at radius 3 is 2.79 bits per heavy atom. The number of halogens is 2. The van der Waals surface area contributed by atoms with E-state index in [0.29, 0.717) is 10.0 Å². The van der Waals surface area contributed by atoms with E-state index < -0.39 is 0 Å². The lowest BCUT2D eigenvalue weighted by Crippen LogP contribution is -1.87. The third kappa shape index (κ3) is 2.84. The van der Waals surface area contributed by atoms with Crippen molar-refractivity contribution in [3.8, 4) is 11.3 Å². The van der Waals surface area contributed by atoms with E-state index in [4.69, 9.17) is 23.2 Å². The van der Waals surface area contributed by atoms with Gasteiger partial charge >= 0.3 is 0 Å². The fourth-order valence-corrected chi connectivity index (χ4v) is 2.84. The van der Waals surface area contributed by atoms with Crippen molar-refractivity contribution in [3.63, 3.8) is 0 Å². The molecule has 3 rings (SSSR count). The predicted octanol–water partition coefficient (Wildman–Crippen LogP) is 5.04. The first-order valence-electron chi connectivity index (χ1n) is 5.74. The van der Waals surface area contributed by atoms with E-state index in [-0.39, 0.29) is 0 Å². The molecule has 2 nitrogen and oxygen atoms in total. The van der Waals surface area contributed by atoms with Crippen LogP contribution in [0.1, 0.15) is 10.7 Å². The maximum Gasteiger partial charge on any atom is 0.112 e. The monoisotopic (exact) mass is 308 g/mol. The van der Waals surface area contributed by atoms with Crippen molar-refractivity contribution in [2.45, 2.75) is 6.42 Å². The van der Waals surface area contributed by atoms with Gasteiger partial charge < -0.3 is 4.98 Å². The average molecular weight is 309 g/mol. The van der Waals surface area contributed by atoms with E-state index >= 15 is 0 Å². The fraction of sp³-hybridized carbons (Fsp3) is 0.0714. The van der Waals surface area contributed by atoms with Gasteiger partial charge in [0.15, 0.2) is 0 Å². The predicted molar refractivity (Wildman–Crippen MR) is 81.2 cm³/mol. The van der Waals surface area contributed by atoms with Crippen molar-refractivity contribution in [2.75, 3.05) is 0 Å². The van der Waals surface area contributed by atoms with Crippen molar-refractivity contribution in [2.24, 2.45) is 0 Å². The molecule has 3 aromatic rings. The standard InChI is InChI=1S/C14H10Cl2N2S/c15-11-4-3-9(6-12(11)16)13-8-17-14(18-13)7-10-2-1-5-19-10/h1-6,8H,7H2,(H,17,18). The summed E-state index contributed by atoms with van der Waals surface area (Å²) in [5, 5.41) is 3.17. The quantitative estimate of drug-likeness (QED) is 0.721. The molecule has 2 heterocycles. The lowest BCUT2D eigenvalue weighted by Gasteiger charge is -1.99. The topological polar surface area (TPSA) is 28.7 Å². The number of imidazole rings is 1. The Balaban J connectivity index is 1.86. The zero-order chi connectivity index (χ0) is 13.2. The fourth-order valence-electron chi connectivity index (χ4n) is 1.83. The second-order valence-electron chi connectivity index (χ2n) is 4.12. The van der Waals surface area contributed by atoms with Gasteiger partial charge in [0.2, 0.25) is 0 Å². The van der Waals surface area contributed by atoms with Crippen LogP contribution in [0.2, 0.25) is 10.0 Å². The molecule has 0 fully saturated rings. The van der Waals surface area contributed by atoms with E-state index in [9.17, 15) is 0 Å². The summed E-state index contributed by atoms with van der Waals surface area (Å²) in [4.78, 5) is 9.06. The summed E-state index contributed by atoms with van der Waals surface area (Å²) in [6.07, 6.45) is 2.71. The molecule has 0 aliphatic rings. The first-order chi connectivity index (χ1) is 9.22. The Morgan fingerprint density at radius 1 is 1.16 bits per heavy atom. The first kappa shape index (κ1) is 12.7. The molecule has 2 aromatic heterocycles. The SMILES string of the molecule is Clc1ccc(-c2c[nH]c(Cc3cccs3)n2)cc1Cl. The van der Waals surface area contributed by atoms with Gasteiger partial charge in [0.25, 0.3) is 0 Å². The molecule has 0 atom stereocenters. The Bertz CT molecular complexity index is 689. The number of hydrogen-bond donors (Lipinski definition) is 1. The van der Waals surface area contributed by atoms with E-state index in [1.807, 2.05) is 24.4 Å². The molecule has 0 saturated carbocycles. The van der Waals surface area contributed by atoms with Crippen LogP contribution in [-0.4, -0.2) is 9.97 Å². The van der Waals surface area contributed by atoms with Gasteiger partial charge in [-0.05, 0) is 23.6 Å². The summed E-state index contributed by atoms with van der Waals surface area (Å²) in [5.74, 6) is 0.948. The van der Waals surface area contributed by atoms with Crippen LogP contribution in [0.5, 0.6) is 0 Å². The molecule has 1 N–H and O–H groups in total. The minimum absolute atomic E-state index is 0.543. The molecule has 19 heavy (non-hydrogen) atoms. The minimum atomic E-state index is 0.543. The van der Waals surface area contributed by atoms with E-state index in [2.05, 4.69) is 21.4 Å². The Kier molecular flexibility index (Phi) is 3.60. The first-order valence-corrected chi connectivity index (χ1v) is 7.38. The van der Waals surface area contributed by atoms with Crippen molar-refractivity contribution in [3.05, 3.63) is 62.7 Å². The summed E-state index contributed by atoms with van der Waals surface area (Å²) in [6, 6.07) is 9.68. The van der Waals surface area contributed by atoms with Gasteiger partial charge in [-0.15, -0.1) is 11.3 Å². The van der Waals surface area contributed by atoms with Gasteiger partial charge in [-0.2, -0.15) is 0 Å². The molecule has 96 valence electrons. The van der Waals surface area contributed by atoms with Gasteiger partial charge in [0.05, 0.1) is 15.7 Å². The van der Waals surface area contributed by atoms with Crippen LogP contribution in [-0.2, 0) is 6.42 Å². The lowest BCUT2D eigenvalue weighted by atomic mass is 10.2. The summed E-state index contributed by atoms with van der Waals surface area (Å²) < 4.78 is 0. The maximum absolute atomic E-state index is 6.02. The molecule has 0 unspecified atom stereocenters. The van der Waals surface area contributed by atoms with E-state index in [1.165, 1.54) is 4.88 Å². The third-order valence-corrected chi connectivity index (χ3v) is 4.38. The van der Waals surface area contributed by atoms with Crippen molar-refractivity contribution >= 4 is 34.5 Å². The van der Waals surface area contributed by atoms with Crippen LogP contribution >= 0.6 is 34.5 Å². The Labute approximate surface area is 125 Å². The molecular formula is C14H10Cl2N2S. The van der Waals surface area contributed by atoms with Crippen LogP contribution in [0.3, 0.4) is 0 Å². The number of H-pyrrole nitrogens is 1. The van der Waals surface area contributed by atoms with Gasteiger partial charge in [0, 0.05) is 23.1 Å². The van der Waals surface area contributed by atoms with Crippen molar-refractivity contribution in [1.82, 2.24) is 9.97 Å². The number of nitrogens with zero attached hydrogens (tertiary/aromatic N) is 1. The molecule has 5 heteroatoms. The summed E-state index contributed by atoms with van der Waals surface area (Å²) in [5.41, 5.74) is 1.84. The Hall–Kier alpha value is -1.29. The van der Waals surface area contributed by atoms with E-state index in [1.54, 1.807) is 17.4 Å². The number of rotatable bonds is 3. The average Bonchev–Trinajstić information content (AvgIpc) is 3.05. The van der Waals surface area contributed by atoms with Gasteiger partial charge in [0.1, 0.15) is 5.82 Å². The third-order valence-electron chi connectivity index (χ3n) is 2.77. The number of hydrogen-bond acceptors (Lipinski definition) is 2. The summed E-state index contributed by atoms with van der Waals surface area (Å²) in [6.45, 7) is 0. The second kappa shape index (κ2) is 5.37. The molecular weight excluding hydrogens is 299 g/mol. The van der Waals surface area contributed by atoms with Gasteiger partial charge in [-0.25, -0.2) is 4.98 Å². The minimum Gasteiger partial charge on any atom is -0.348 e. The van der Waals surface area contributed by atoms with E-state index in [0.717, 1.165) is 23.5 Å². The highest BCUT2D eigenvalue weighted by molar-refractivity contribution is 7.09. The zero-order valence-corrected chi connectivity index (χ0v) is 12.2. The van der Waals surface area contributed by atoms with Crippen molar-refractivity contribution in [1.29, 1.82) is 0 Å². The number of nitrogens with one attached hydrogen (secondary N) is 1. The molecule has 0 amide bonds. The number of thiophene rings is 1. The lowest BCUT2D eigenvalue weighted by molar-refractivity contribution is 1.05. The highest BCUT2D eigenvalue weighted by atomic mass is 35.5. The van der Waals surface area contributed by atoms with Crippen LogP contribution in [0.15, 0.2) is 41.9 Å². The number of benzene rings is 1. The largest absolute Gasteiger partial charge is 0.348 e. The molecule has 1 aromatic carbocycles. The molecule has 0 spiro atoms. The van der Waals surface area contributed by atoms with Crippen LogP contribution < -0.4 is 0 Å². The summed E-state index contributed by atoms with van der Waals surface area (Å²) in [7, 11) is 0. The maximum atomic E-state index is 6.02.